The lowest BCUT2D eigenvalue weighted by Crippen LogP contribution is -2.17. The van der Waals surface area contributed by atoms with Crippen LogP contribution in [0.1, 0.15) is 84.0 Å². The third-order valence-corrected chi connectivity index (χ3v) is 5.55. The lowest BCUT2D eigenvalue weighted by atomic mass is 9.80. The van der Waals surface area contributed by atoms with Crippen LogP contribution < -0.4 is 0 Å². The van der Waals surface area contributed by atoms with Crippen molar-refractivity contribution in [2.45, 2.75) is 90.1 Å². The summed E-state index contributed by atoms with van der Waals surface area (Å²) in [5.41, 5.74) is 0. The van der Waals surface area contributed by atoms with Crippen LogP contribution >= 0.6 is 0 Å². The average Bonchev–Trinajstić information content (AvgIpc) is 2.47. The van der Waals surface area contributed by atoms with Crippen LogP contribution in [0.5, 0.6) is 0 Å². The molecule has 0 aromatic heterocycles. The molecule has 1 N–H and O–H groups in total. The molecule has 0 saturated heterocycles. The molecule has 0 atom stereocenters. The van der Waals surface area contributed by atoms with Crippen molar-refractivity contribution in [2.24, 2.45) is 17.8 Å². The molecule has 2 aliphatic rings. The van der Waals surface area contributed by atoms with Gasteiger partial charge < -0.3 is 5.11 Å². The van der Waals surface area contributed by atoms with E-state index in [0.717, 1.165) is 30.6 Å². The fourth-order valence-electron chi connectivity index (χ4n) is 4.13. The minimum atomic E-state index is 0.0000902. The summed E-state index contributed by atoms with van der Waals surface area (Å²) in [5.74, 6) is 2.78. The van der Waals surface area contributed by atoms with Crippen molar-refractivity contribution in [2.75, 3.05) is 0 Å². The highest BCUT2D eigenvalue weighted by molar-refractivity contribution is 4.91. The number of aliphatic hydroxyl groups is 1. The van der Waals surface area contributed by atoms with Crippen LogP contribution in [0.2, 0.25) is 0 Å². The molecule has 0 heterocycles. The number of aliphatic hydroxyl groups excluding tert-OH is 1. The molecule has 1 heteroatoms. The van der Waals surface area contributed by atoms with E-state index >= 15 is 0 Å². The van der Waals surface area contributed by atoms with E-state index in [0.29, 0.717) is 0 Å². The second kappa shape index (κ2) is 8.87. The van der Waals surface area contributed by atoms with Crippen LogP contribution in [0, 0.1) is 17.8 Å². The summed E-state index contributed by atoms with van der Waals surface area (Å²) >= 11 is 0. The highest BCUT2D eigenvalue weighted by Gasteiger charge is 2.19. The Morgan fingerprint density at radius 2 is 1.45 bits per heavy atom. The maximum Gasteiger partial charge on any atom is 0.0540 e. The summed E-state index contributed by atoms with van der Waals surface area (Å²) < 4.78 is 0. The van der Waals surface area contributed by atoms with Gasteiger partial charge in [0.2, 0.25) is 0 Å². The highest BCUT2D eigenvalue weighted by atomic mass is 16.3. The molecular weight excluding hydrogens is 244 g/mol. The van der Waals surface area contributed by atoms with Crippen molar-refractivity contribution in [3.63, 3.8) is 0 Å². The van der Waals surface area contributed by atoms with E-state index in [2.05, 4.69) is 19.1 Å². The fourth-order valence-corrected chi connectivity index (χ4v) is 4.13. The van der Waals surface area contributed by atoms with E-state index in [-0.39, 0.29) is 6.10 Å². The Kier molecular flexibility index (Phi) is 7.13. The highest BCUT2D eigenvalue weighted by Crippen LogP contribution is 2.32. The van der Waals surface area contributed by atoms with Gasteiger partial charge in [-0.15, -0.1) is 0 Å². The van der Waals surface area contributed by atoms with Gasteiger partial charge in [-0.1, -0.05) is 31.9 Å². The predicted octanol–water partition coefficient (Wildman–Crippen LogP) is 5.48. The largest absolute Gasteiger partial charge is 0.393 e. The summed E-state index contributed by atoms with van der Waals surface area (Å²) in [6, 6.07) is 0. The Bertz CT molecular complexity index is 267. The lowest BCUT2D eigenvalue weighted by Gasteiger charge is -2.26. The maximum atomic E-state index is 9.51. The summed E-state index contributed by atoms with van der Waals surface area (Å²) in [4.78, 5) is 0. The van der Waals surface area contributed by atoms with Gasteiger partial charge in [-0.3, -0.25) is 0 Å². The van der Waals surface area contributed by atoms with Crippen LogP contribution in [-0.4, -0.2) is 11.2 Å². The smallest absolute Gasteiger partial charge is 0.0540 e. The Hall–Kier alpha value is -0.300. The molecule has 0 unspecified atom stereocenters. The topological polar surface area (TPSA) is 20.2 Å². The summed E-state index contributed by atoms with van der Waals surface area (Å²) in [5, 5.41) is 9.51. The molecule has 0 aromatic carbocycles. The van der Waals surface area contributed by atoms with Crippen LogP contribution in [-0.2, 0) is 0 Å². The van der Waals surface area contributed by atoms with Crippen LogP contribution in [0.3, 0.4) is 0 Å². The van der Waals surface area contributed by atoms with E-state index in [1.807, 2.05) is 0 Å². The monoisotopic (exact) mass is 278 g/mol. The molecule has 0 radical (unpaired) electrons. The molecule has 2 aliphatic carbocycles. The van der Waals surface area contributed by atoms with Crippen molar-refractivity contribution in [1.82, 2.24) is 0 Å². The normalized spacial score (nSPS) is 35.5. The molecule has 0 aromatic rings. The molecule has 2 rings (SSSR count). The molecule has 0 aliphatic heterocycles. The van der Waals surface area contributed by atoms with E-state index in [1.54, 1.807) is 0 Å². The molecule has 1 nitrogen and oxygen atoms in total. The summed E-state index contributed by atoms with van der Waals surface area (Å²) in [7, 11) is 0. The quantitative estimate of drug-likeness (QED) is 0.638. The molecule has 20 heavy (non-hydrogen) atoms. The predicted molar refractivity (Wildman–Crippen MR) is 86.7 cm³/mol. The third-order valence-electron chi connectivity index (χ3n) is 5.55. The zero-order chi connectivity index (χ0) is 14.2. The second-order valence-corrected chi connectivity index (χ2v) is 7.25. The molecule has 0 spiro atoms. The number of allylic oxidation sites excluding steroid dienone is 2. The van der Waals surface area contributed by atoms with Gasteiger partial charge in [0.05, 0.1) is 6.10 Å². The SMILES string of the molecule is CCCC1CCC(/C=C/CCC2CCC(O)CC2)CC1. The zero-order valence-electron chi connectivity index (χ0n) is 13.4. The second-order valence-electron chi connectivity index (χ2n) is 7.25. The average molecular weight is 278 g/mol. The van der Waals surface area contributed by atoms with Gasteiger partial charge in [0.15, 0.2) is 0 Å². The van der Waals surface area contributed by atoms with Crippen LogP contribution in [0.25, 0.3) is 0 Å². The van der Waals surface area contributed by atoms with E-state index in [9.17, 15) is 5.11 Å². The van der Waals surface area contributed by atoms with Crippen molar-refractivity contribution in [3.05, 3.63) is 12.2 Å². The molecule has 2 saturated carbocycles. The minimum Gasteiger partial charge on any atom is -0.393 e. The van der Waals surface area contributed by atoms with Crippen molar-refractivity contribution in [3.8, 4) is 0 Å². The van der Waals surface area contributed by atoms with E-state index in [4.69, 9.17) is 0 Å². The van der Waals surface area contributed by atoms with Gasteiger partial charge in [0.1, 0.15) is 0 Å². The van der Waals surface area contributed by atoms with Gasteiger partial charge in [0.25, 0.3) is 0 Å². The third kappa shape index (κ3) is 5.60. The maximum absolute atomic E-state index is 9.51. The molecule has 116 valence electrons. The van der Waals surface area contributed by atoms with Gasteiger partial charge in [0, 0.05) is 0 Å². The van der Waals surface area contributed by atoms with E-state index < -0.39 is 0 Å². The van der Waals surface area contributed by atoms with Crippen molar-refractivity contribution in [1.29, 1.82) is 0 Å². The number of rotatable bonds is 6. The van der Waals surface area contributed by atoms with Crippen molar-refractivity contribution >= 4 is 0 Å². The molecule has 2 fully saturated rings. The standard InChI is InChI=1S/C19H34O/c1-2-5-16-8-10-17(11-9-16)6-3-4-7-18-12-14-19(20)15-13-18/h3,6,16-20H,2,4-5,7-15H2,1H3/b6-3+. The van der Waals surface area contributed by atoms with Crippen molar-refractivity contribution < 1.29 is 5.11 Å². The lowest BCUT2D eigenvalue weighted by molar-refractivity contribution is 0.107. The summed E-state index contributed by atoms with van der Waals surface area (Å²) in [6.07, 6.45) is 20.7. The zero-order valence-corrected chi connectivity index (χ0v) is 13.4. The van der Waals surface area contributed by atoms with Gasteiger partial charge >= 0.3 is 0 Å². The fraction of sp³-hybridized carbons (Fsp3) is 0.895. The van der Waals surface area contributed by atoms with Gasteiger partial charge in [-0.25, -0.2) is 0 Å². The number of hydrogen-bond donors (Lipinski definition) is 1. The van der Waals surface area contributed by atoms with Crippen LogP contribution in [0.4, 0.5) is 0 Å². The Morgan fingerprint density at radius 3 is 2.10 bits per heavy atom. The first-order valence-electron chi connectivity index (χ1n) is 9.12. The first kappa shape index (κ1) is 16.1. The summed E-state index contributed by atoms with van der Waals surface area (Å²) in [6.45, 7) is 2.32. The Morgan fingerprint density at radius 1 is 0.850 bits per heavy atom. The minimum absolute atomic E-state index is 0.0000902. The molecular formula is C19H34O. The first-order chi connectivity index (χ1) is 9.78. The molecule has 0 amide bonds. The first-order valence-corrected chi connectivity index (χ1v) is 9.12. The van der Waals surface area contributed by atoms with E-state index in [1.165, 1.54) is 64.2 Å². The number of hydrogen-bond acceptors (Lipinski definition) is 1. The molecule has 0 bridgehead atoms. The Labute approximate surface area is 125 Å². The van der Waals surface area contributed by atoms with Gasteiger partial charge in [-0.05, 0) is 82.0 Å². The van der Waals surface area contributed by atoms with Crippen LogP contribution in [0.15, 0.2) is 12.2 Å². The van der Waals surface area contributed by atoms with Gasteiger partial charge in [-0.2, -0.15) is 0 Å². The Balaban J connectivity index is 1.55.